The third kappa shape index (κ3) is 2.59. The zero-order chi connectivity index (χ0) is 13.1. The number of carbonyl (C=O) groups is 1. The molecule has 0 spiro atoms. The highest BCUT2D eigenvalue weighted by atomic mass is 16.6. The minimum absolute atomic E-state index is 0.284. The van der Waals surface area contributed by atoms with Crippen LogP contribution in [0.1, 0.15) is 19.3 Å². The molecule has 2 aromatic heterocycles. The molecule has 2 aromatic rings. The summed E-state index contributed by atoms with van der Waals surface area (Å²) in [6.07, 6.45) is 6.33. The molecule has 0 bridgehead atoms. The Hall–Kier alpha value is -2.31. The van der Waals surface area contributed by atoms with Gasteiger partial charge >= 0.3 is 6.09 Å². The fraction of sp³-hybridized carbons (Fsp3) is 0.417. The summed E-state index contributed by atoms with van der Waals surface area (Å²) in [6.45, 7) is 1.52. The number of nitrogens with one attached hydrogen (secondary N) is 2. The molecule has 1 aliphatic rings. The molecule has 3 heterocycles. The molecule has 1 saturated heterocycles. The molecule has 0 aliphatic carbocycles. The third-order valence-corrected chi connectivity index (χ3v) is 3.17. The van der Waals surface area contributed by atoms with Crippen LogP contribution in [0.2, 0.25) is 0 Å². The lowest BCUT2D eigenvalue weighted by Gasteiger charge is -2.25. The van der Waals surface area contributed by atoms with E-state index in [9.17, 15) is 4.79 Å². The normalized spacial score (nSPS) is 15.5. The van der Waals surface area contributed by atoms with Crippen molar-refractivity contribution in [2.24, 2.45) is 0 Å². The second-order valence-corrected chi connectivity index (χ2v) is 4.52. The summed E-state index contributed by atoms with van der Waals surface area (Å²) in [5, 5.41) is 13.4. The molecule has 1 amide bonds. The fourth-order valence-corrected chi connectivity index (χ4v) is 2.13. The van der Waals surface area contributed by atoms with Crippen LogP contribution in [0.3, 0.4) is 0 Å². The van der Waals surface area contributed by atoms with Crippen molar-refractivity contribution in [2.45, 2.75) is 19.3 Å². The molecule has 100 valence electrons. The van der Waals surface area contributed by atoms with Gasteiger partial charge in [-0.15, -0.1) is 5.10 Å². The third-order valence-electron chi connectivity index (χ3n) is 3.17. The molecule has 3 rings (SSSR count). The number of hydrogen-bond donors (Lipinski definition) is 2. The number of rotatable bonds is 2. The topological polar surface area (TPSA) is 86.9 Å². The first-order valence-corrected chi connectivity index (χ1v) is 6.34. The number of piperidine rings is 1. The van der Waals surface area contributed by atoms with Crippen LogP contribution in [0.25, 0.3) is 11.3 Å². The van der Waals surface area contributed by atoms with Gasteiger partial charge in [0.2, 0.25) is 5.88 Å². The molecule has 7 nitrogen and oxygen atoms in total. The Kier molecular flexibility index (Phi) is 3.18. The smallest absolute Gasteiger partial charge is 0.389 e. The van der Waals surface area contributed by atoms with Gasteiger partial charge in [0.05, 0.1) is 11.9 Å². The maximum absolute atomic E-state index is 11.9. The van der Waals surface area contributed by atoms with Crippen molar-refractivity contribution < 1.29 is 9.53 Å². The average molecular weight is 261 g/mol. The van der Waals surface area contributed by atoms with E-state index in [0.29, 0.717) is 0 Å². The van der Waals surface area contributed by atoms with Gasteiger partial charge in [0.1, 0.15) is 0 Å². The Morgan fingerprint density at radius 2 is 2.16 bits per heavy atom. The molecular weight excluding hydrogens is 246 g/mol. The Bertz CT molecular complexity index is 542. The summed E-state index contributed by atoms with van der Waals surface area (Å²) in [5.74, 6) is 0.284. The van der Waals surface area contributed by atoms with Crippen LogP contribution >= 0.6 is 0 Å². The summed E-state index contributed by atoms with van der Waals surface area (Å²) in [7, 11) is 0. The molecule has 0 unspecified atom stereocenters. The van der Waals surface area contributed by atoms with Crippen molar-refractivity contribution in [2.75, 3.05) is 13.1 Å². The van der Waals surface area contributed by atoms with Crippen LogP contribution in [-0.2, 0) is 0 Å². The highest BCUT2D eigenvalue weighted by molar-refractivity contribution is 5.71. The summed E-state index contributed by atoms with van der Waals surface area (Å²) >= 11 is 0. The van der Waals surface area contributed by atoms with Gasteiger partial charge in [0.15, 0.2) is 0 Å². The standard InChI is InChI=1S/C12H15N5O2/c18-12(17-4-2-1-3-5-17)19-11-6-10(15-16-11)9-7-13-14-8-9/h6-8H,1-5H2,(H,13,14)(H,15,16). The van der Waals surface area contributed by atoms with Gasteiger partial charge < -0.3 is 9.64 Å². The van der Waals surface area contributed by atoms with Gasteiger partial charge in [0, 0.05) is 30.9 Å². The first-order chi connectivity index (χ1) is 9.33. The van der Waals surface area contributed by atoms with Gasteiger partial charge in [-0.2, -0.15) is 5.10 Å². The second kappa shape index (κ2) is 5.13. The molecule has 1 aliphatic heterocycles. The number of hydrogen-bond acceptors (Lipinski definition) is 4. The molecule has 0 aromatic carbocycles. The van der Waals surface area contributed by atoms with E-state index in [2.05, 4.69) is 20.4 Å². The number of nitrogens with zero attached hydrogens (tertiary/aromatic N) is 3. The van der Waals surface area contributed by atoms with Crippen molar-refractivity contribution in [3.8, 4) is 17.1 Å². The summed E-state index contributed by atoms with van der Waals surface area (Å²) in [4.78, 5) is 13.6. The van der Waals surface area contributed by atoms with E-state index in [-0.39, 0.29) is 12.0 Å². The molecule has 0 atom stereocenters. The van der Waals surface area contributed by atoms with Crippen molar-refractivity contribution >= 4 is 6.09 Å². The predicted octanol–water partition coefficient (Wildman–Crippen LogP) is 1.78. The molecular formula is C12H15N5O2. The monoisotopic (exact) mass is 261 g/mol. The highest BCUT2D eigenvalue weighted by Crippen LogP contribution is 2.20. The van der Waals surface area contributed by atoms with E-state index in [1.807, 2.05) is 0 Å². The van der Waals surface area contributed by atoms with E-state index >= 15 is 0 Å². The van der Waals surface area contributed by atoms with Gasteiger partial charge in [-0.3, -0.25) is 10.2 Å². The van der Waals surface area contributed by atoms with Gasteiger partial charge in [0.25, 0.3) is 0 Å². The Morgan fingerprint density at radius 1 is 1.32 bits per heavy atom. The molecule has 19 heavy (non-hydrogen) atoms. The second-order valence-electron chi connectivity index (χ2n) is 4.52. The first kappa shape index (κ1) is 11.8. The van der Waals surface area contributed by atoms with Crippen molar-refractivity contribution in [1.82, 2.24) is 25.3 Å². The van der Waals surface area contributed by atoms with Gasteiger partial charge in [-0.25, -0.2) is 4.79 Å². The van der Waals surface area contributed by atoms with Crippen LogP contribution in [-0.4, -0.2) is 44.5 Å². The molecule has 7 heteroatoms. The van der Waals surface area contributed by atoms with Crippen molar-refractivity contribution in [3.63, 3.8) is 0 Å². The maximum Gasteiger partial charge on any atom is 0.416 e. The minimum Gasteiger partial charge on any atom is -0.389 e. The van der Waals surface area contributed by atoms with Gasteiger partial charge in [-0.1, -0.05) is 0 Å². The Labute approximate surface area is 110 Å². The predicted molar refractivity (Wildman–Crippen MR) is 67.6 cm³/mol. The quantitative estimate of drug-likeness (QED) is 0.862. The molecule has 0 saturated carbocycles. The summed E-state index contributed by atoms with van der Waals surface area (Å²) < 4.78 is 5.25. The van der Waals surface area contributed by atoms with E-state index in [1.54, 1.807) is 23.4 Å². The molecule has 1 fully saturated rings. The average Bonchev–Trinajstić information content (AvgIpc) is 3.10. The van der Waals surface area contributed by atoms with E-state index in [4.69, 9.17) is 4.74 Å². The summed E-state index contributed by atoms with van der Waals surface area (Å²) in [5.41, 5.74) is 1.63. The number of aromatic amines is 2. The van der Waals surface area contributed by atoms with Crippen LogP contribution in [0.5, 0.6) is 5.88 Å². The zero-order valence-corrected chi connectivity index (χ0v) is 10.4. The minimum atomic E-state index is -0.329. The number of amides is 1. The lowest BCUT2D eigenvalue weighted by molar-refractivity contribution is 0.141. The van der Waals surface area contributed by atoms with Crippen LogP contribution in [0.4, 0.5) is 4.79 Å². The highest BCUT2D eigenvalue weighted by Gasteiger charge is 2.19. The van der Waals surface area contributed by atoms with Crippen molar-refractivity contribution in [3.05, 3.63) is 18.5 Å². The molecule has 2 N–H and O–H groups in total. The first-order valence-electron chi connectivity index (χ1n) is 6.34. The number of aromatic nitrogens is 4. The maximum atomic E-state index is 11.9. The van der Waals surface area contributed by atoms with Crippen LogP contribution in [0, 0.1) is 0 Å². The van der Waals surface area contributed by atoms with Gasteiger partial charge in [-0.05, 0) is 19.3 Å². The van der Waals surface area contributed by atoms with E-state index < -0.39 is 0 Å². The lowest BCUT2D eigenvalue weighted by Crippen LogP contribution is -2.37. The van der Waals surface area contributed by atoms with E-state index in [0.717, 1.165) is 37.2 Å². The van der Waals surface area contributed by atoms with Crippen LogP contribution < -0.4 is 4.74 Å². The fourth-order valence-electron chi connectivity index (χ4n) is 2.13. The Balaban J connectivity index is 1.65. The SMILES string of the molecule is O=C(Oc1cc(-c2cn[nH]c2)[nH]n1)N1CCCCC1. The van der Waals surface area contributed by atoms with Crippen LogP contribution in [0.15, 0.2) is 18.5 Å². The van der Waals surface area contributed by atoms with Crippen molar-refractivity contribution in [1.29, 1.82) is 0 Å². The van der Waals surface area contributed by atoms with E-state index in [1.165, 1.54) is 6.42 Å². The number of ether oxygens (including phenoxy) is 1. The summed E-state index contributed by atoms with van der Waals surface area (Å²) in [6, 6.07) is 1.69. The number of H-pyrrole nitrogens is 2. The Morgan fingerprint density at radius 3 is 2.89 bits per heavy atom. The largest absolute Gasteiger partial charge is 0.416 e. The zero-order valence-electron chi connectivity index (χ0n) is 10.4. The number of carbonyl (C=O) groups excluding carboxylic acids is 1. The lowest BCUT2D eigenvalue weighted by atomic mass is 10.1. The number of likely N-dealkylation sites (tertiary alicyclic amines) is 1. The molecule has 0 radical (unpaired) electrons.